The summed E-state index contributed by atoms with van der Waals surface area (Å²) in [6.07, 6.45) is 8.31. The minimum Gasteiger partial charge on any atom is -0.328 e. The van der Waals surface area contributed by atoms with E-state index < -0.39 is 0 Å². The number of piperidine rings is 1. The highest BCUT2D eigenvalue weighted by molar-refractivity contribution is 5.02. The van der Waals surface area contributed by atoms with E-state index in [1.165, 1.54) is 38.5 Å². The molecule has 2 nitrogen and oxygen atoms in total. The quantitative estimate of drug-likeness (QED) is 0.632. The second kappa shape index (κ2) is 2.46. The van der Waals surface area contributed by atoms with E-state index in [1.54, 1.807) is 0 Å². The van der Waals surface area contributed by atoms with Gasteiger partial charge in [0.15, 0.2) is 0 Å². The summed E-state index contributed by atoms with van der Waals surface area (Å²) in [6, 6.07) is 3.21. The van der Waals surface area contributed by atoms with E-state index in [0.29, 0.717) is 6.04 Å². The van der Waals surface area contributed by atoms with Gasteiger partial charge in [-0.05, 0) is 38.5 Å². The van der Waals surface area contributed by atoms with E-state index in [0.717, 1.165) is 18.1 Å². The van der Waals surface area contributed by atoms with Crippen LogP contribution in [-0.4, -0.2) is 29.1 Å². The molecule has 3 rings (SSSR count). The number of nitrogens with zero attached hydrogens (tertiary/aromatic N) is 1. The van der Waals surface area contributed by atoms with Crippen molar-refractivity contribution < 1.29 is 0 Å². The Bertz CT molecular complexity index is 174. The van der Waals surface area contributed by atoms with Crippen LogP contribution in [0.15, 0.2) is 0 Å². The molecule has 2 saturated heterocycles. The normalized spacial score (nSPS) is 48.2. The molecule has 2 N–H and O–H groups in total. The van der Waals surface area contributed by atoms with E-state index in [1.807, 2.05) is 0 Å². The Morgan fingerprint density at radius 1 is 0.833 bits per heavy atom. The van der Waals surface area contributed by atoms with E-state index in [4.69, 9.17) is 5.73 Å². The average Bonchev–Trinajstić information content (AvgIpc) is 2.80. The third-order valence-electron chi connectivity index (χ3n) is 3.79. The van der Waals surface area contributed by atoms with Gasteiger partial charge in [-0.3, -0.25) is 4.90 Å². The van der Waals surface area contributed by atoms with Crippen LogP contribution in [-0.2, 0) is 0 Å². The van der Waals surface area contributed by atoms with Crippen LogP contribution < -0.4 is 5.73 Å². The van der Waals surface area contributed by atoms with Crippen molar-refractivity contribution in [3.05, 3.63) is 0 Å². The first-order chi connectivity index (χ1) is 5.84. The van der Waals surface area contributed by atoms with Crippen LogP contribution in [0.5, 0.6) is 0 Å². The third kappa shape index (κ3) is 1.01. The van der Waals surface area contributed by atoms with Crippen molar-refractivity contribution in [2.75, 3.05) is 0 Å². The lowest BCUT2D eigenvalue weighted by molar-refractivity contribution is 0.119. The topological polar surface area (TPSA) is 29.3 Å². The summed E-state index contributed by atoms with van der Waals surface area (Å²) in [4.78, 5) is 2.80. The van der Waals surface area contributed by atoms with Crippen molar-refractivity contribution >= 4 is 0 Å². The lowest BCUT2D eigenvalue weighted by Crippen LogP contribution is -2.48. The minimum absolute atomic E-state index is 0.512. The van der Waals surface area contributed by atoms with Crippen LogP contribution in [0.3, 0.4) is 0 Å². The number of rotatable bonds is 1. The highest BCUT2D eigenvalue weighted by atomic mass is 15.3. The molecule has 0 aromatic rings. The monoisotopic (exact) mass is 166 g/mol. The van der Waals surface area contributed by atoms with Crippen LogP contribution in [0.2, 0.25) is 0 Å². The maximum absolute atomic E-state index is 6.01. The van der Waals surface area contributed by atoms with E-state index in [2.05, 4.69) is 4.90 Å². The highest BCUT2D eigenvalue weighted by Crippen LogP contribution is 2.42. The Hall–Kier alpha value is -0.0800. The molecule has 1 saturated carbocycles. The van der Waals surface area contributed by atoms with Crippen LogP contribution in [0.25, 0.3) is 0 Å². The maximum atomic E-state index is 6.01. The molecule has 0 aromatic heterocycles. The van der Waals surface area contributed by atoms with Crippen molar-refractivity contribution in [1.29, 1.82) is 0 Å². The third-order valence-corrected chi connectivity index (χ3v) is 3.79. The van der Waals surface area contributed by atoms with Gasteiger partial charge in [0.05, 0.1) is 0 Å². The zero-order chi connectivity index (χ0) is 8.13. The summed E-state index contributed by atoms with van der Waals surface area (Å²) in [5.41, 5.74) is 6.01. The lowest BCUT2D eigenvalue weighted by Gasteiger charge is -2.37. The minimum atomic E-state index is 0.512. The van der Waals surface area contributed by atoms with Gasteiger partial charge in [-0.1, -0.05) is 0 Å². The summed E-state index contributed by atoms with van der Waals surface area (Å²) < 4.78 is 0. The molecule has 12 heavy (non-hydrogen) atoms. The van der Waals surface area contributed by atoms with E-state index in [-0.39, 0.29) is 0 Å². The summed E-state index contributed by atoms with van der Waals surface area (Å²) in [5.74, 6) is 0. The van der Waals surface area contributed by atoms with Crippen molar-refractivity contribution in [3.63, 3.8) is 0 Å². The summed E-state index contributed by atoms with van der Waals surface area (Å²) in [7, 11) is 0. The summed E-state index contributed by atoms with van der Waals surface area (Å²) in [6.45, 7) is 0. The Kier molecular flexibility index (Phi) is 1.50. The van der Waals surface area contributed by atoms with Crippen LogP contribution in [0, 0.1) is 0 Å². The van der Waals surface area contributed by atoms with Gasteiger partial charge >= 0.3 is 0 Å². The van der Waals surface area contributed by atoms with Crippen LogP contribution >= 0.6 is 0 Å². The number of nitrogens with two attached hydrogens (primary N) is 1. The second-order valence-electron chi connectivity index (χ2n) is 4.79. The number of hydrogen-bond acceptors (Lipinski definition) is 2. The van der Waals surface area contributed by atoms with Gasteiger partial charge in [0, 0.05) is 24.2 Å². The first-order valence-electron chi connectivity index (χ1n) is 5.37. The fourth-order valence-electron chi connectivity index (χ4n) is 3.22. The molecular weight excluding hydrogens is 148 g/mol. The average molecular weight is 166 g/mol. The van der Waals surface area contributed by atoms with E-state index in [9.17, 15) is 0 Å². The fraction of sp³-hybridized carbons (Fsp3) is 1.00. The van der Waals surface area contributed by atoms with Gasteiger partial charge in [0.2, 0.25) is 0 Å². The molecule has 2 heterocycles. The predicted molar refractivity (Wildman–Crippen MR) is 48.9 cm³/mol. The Morgan fingerprint density at radius 3 is 1.83 bits per heavy atom. The fourth-order valence-corrected chi connectivity index (χ4v) is 3.22. The molecule has 1 aliphatic carbocycles. The predicted octanol–water partition coefficient (Wildman–Crippen LogP) is 1.10. The molecule has 0 amide bonds. The Morgan fingerprint density at radius 2 is 1.33 bits per heavy atom. The first kappa shape index (κ1) is 7.34. The lowest BCUT2D eigenvalue weighted by atomic mass is 9.98. The molecule has 2 bridgehead atoms. The smallest absolute Gasteiger partial charge is 0.0116 e. The molecule has 0 aromatic carbocycles. The molecule has 68 valence electrons. The van der Waals surface area contributed by atoms with Crippen molar-refractivity contribution in [2.45, 2.75) is 62.7 Å². The Balaban J connectivity index is 1.78. The van der Waals surface area contributed by atoms with Crippen molar-refractivity contribution in [1.82, 2.24) is 4.90 Å². The first-order valence-corrected chi connectivity index (χ1v) is 5.37. The molecular formula is C10H18N2. The number of hydrogen-bond donors (Lipinski definition) is 1. The molecule has 0 radical (unpaired) electrons. The zero-order valence-electron chi connectivity index (χ0n) is 7.58. The van der Waals surface area contributed by atoms with Gasteiger partial charge in [-0.15, -0.1) is 0 Å². The Labute approximate surface area is 74.1 Å². The van der Waals surface area contributed by atoms with Gasteiger partial charge in [-0.25, -0.2) is 0 Å². The molecule has 0 unspecified atom stereocenters. The maximum Gasteiger partial charge on any atom is 0.0116 e. The van der Waals surface area contributed by atoms with Crippen LogP contribution in [0.1, 0.15) is 38.5 Å². The standard InChI is InChI=1S/C10H18N2/c11-7-5-9-3-4-10(6-7)12(9)8-1-2-8/h7-10H,1-6,11H2/t9-,10-/m0/s1. The van der Waals surface area contributed by atoms with Crippen LogP contribution in [0.4, 0.5) is 0 Å². The molecule has 3 aliphatic rings. The molecule has 3 fully saturated rings. The SMILES string of the molecule is NC1C[C@@H]2CC[C@@H](C1)N2C1CC1. The van der Waals surface area contributed by atoms with Gasteiger partial charge < -0.3 is 5.73 Å². The largest absolute Gasteiger partial charge is 0.328 e. The summed E-state index contributed by atoms with van der Waals surface area (Å²) >= 11 is 0. The van der Waals surface area contributed by atoms with Crippen molar-refractivity contribution in [2.24, 2.45) is 5.73 Å². The number of fused-ring (bicyclic) bond motifs is 2. The van der Waals surface area contributed by atoms with Gasteiger partial charge in [0.1, 0.15) is 0 Å². The molecule has 2 aliphatic heterocycles. The molecule has 2 heteroatoms. The van der Waals surface area contributed by atoms with Crippen molar-refractivity contribution in [3.8, 4) is 0 Å². The molecule has 0 spiro atoms. The molecule has 2 atom stereocenters. The second-order valence-corrected chi connectivity index (χ2v) is 4.79. The summed E-state index contributed by atoms with van der Waals surface area (Å²) in [5, 5.41) is 0. The van der Waals surface area contributed by atoms with Gasteiger partial charge in [-0.2, -0.15) is 0 Å². The zero-order valence-corrected chi connectivity index (χ0v) is 7.58. The van der Waals surface area contributed by atoms with Gasteiger partial charge in [0.25, 0.3) is 0 Å². The van der Waals surface area contributed by atoms with E-state index >= 15 is 0 Å². The highest BCUT2D eigenvalue weighted by Gasteiger charge is 2.45.